The van der Waals surface area contributed by atoms with Gasteiger partial charge in [0.15, 0.2) is 0 Å². The summed E-state index contributed by atoms with van der Waals surface area (Å²) in [6.07, 6.45) is 2.13. The predicted octanol–water partition coefficient (Wildman–Crippen LogP) is 2.37. The van der Waals surface area contributed by atoms with E-state index in [1.807, 2.05) is 6.07 Å². The minimum absolute atomic E-state index is 0.0435. The van der Waals surface area contributed by atoms with Gasteiger partial charge >= 0.3 is 5.97 Å². The third kappa shape index (κ3) is 4.63. The van der Waals surface area contributed by atoms with Crippen molar-refractivity contribution in [1.82, 2.24) is 9.97 Å². The SMILES string of the molecule is O=C(O)CNc1nc(NCc2ccc([N+](=O)[O-])cc2)cc(C2CC2)n1. The van der Waals surface area contributed by atoms with Crippen LogP contribution in [0.1, 0.15) is 30.0 Å². The number of nitrogens with zero attached hydrogens (tertiary/aromatic N) is 3. The summed E-state index contributed by atoms with van der Waals surface area (Å²) in [4.78, 5) is 29.5. The first kappa shape index (κ1) is 16.6. The molecule has 9 heteroatoms. The molecule has 1 heterocycles. The lowest BCUT2D eigenvalue weighted by molar-refractivity contribution is -0.384. The summed E-state index contributed by atoms with van der Waals surface area (Å²) in [7, 11) is 0. The van der Waals surface area contributed by atoms with Crippen molar-refractivity contribution >= 4 is 23.4 Å². The van der Waals surface area contributed by atoms with Crippen molar-refractivity contribution in [2.75, 3.05) is 17.2 Å². The Morgan fingerprint density at radius 1 is 1.24 bits per heavy atom. The van der Waals surface area contributed by atoms with E-state index in [-0.39, 0.29) is 18.2 Å². The van der Waals surface area contributed by atoms with Crippen LogP contribution in [0.4, 0.5) is 17.5 Å². The third-order valence-electron chi connectivity index (χ3n) is 3.76. The zero-order chi connectivity index (χ0) is 17.8. The van der Waals surface area contributed by atoms with Crippen molar-refractivity contribution in [1.29, 1.82) is 0 Å². The monoisotopic (exact) mass is 343 g/mol. The molecule has 1 aliphatic carbocycles. The first-order chi connectivity index (χ1) is 12.0. The van der Waals surface area contributed by atoms with Crippen molar-refractivity contribution < 1.29 is 14.8 Å². The number of benzene rings is 1. The highest BCUT2D eigenvalue weighted by molar-refractivity contribution is 5.72. The van der Waals surface area contributed by atoms with Gasteiger partial charge in [0.2, 0.25) is 5.95 Å². The molecular weight excluding hydrogens is 326 g/mol. The van der Waals surface area contributed by atoms with E-state index in [2.05, 4.69) is 20.6 Å². The van der Waals surface area contributed by atoms with Gasteiger partial charge in [-0.1, -0.05) is 12.1 Å². The van der Waals surface area contributed by atoms with Crippen LogP contribution in [-0.2, 0) is 11.3 Å². The van der Waals surface area contributed by atoms with Crippen molar-refractivity contribution in [2.45, 2.75) is 25.3 Å². The largest absolute Gasteiger partial charge is 0.480 e. The molecule has 1 aromatic carbocycles. The number of hydrogen-bond acceptors (Lipinski definition) is 7. The Balaban J connectivity index is 1.69. The summed E-state index contributed by atoms with van der Waals surface area (Å²) in [6.45, 7) is 0.188. The maximum atomic E-state index is 10.7. The zero-order valence-corrected chi connectivity index (χ0v) is 13.3. The van der Waals surface area contributed by atoms with Crippen LogP contribution in [0.5, 0.6) is 0 Å². The van der Waals surface area contributed by atoms with Crippen LogP contribution in [0.25, 0.3) is 0 Å². The molecular formula is C16H17N5O4. The molecule has 0 aliphatic heterocycles. The Bertz CT molecular complexity index is 790. The van der Waals surface area contributed by atoms with Gasteiger partial charge in [-0.15, -0.1) is 0 Å². The third-order valence-corrected chi connectivity index (χ3v) is 3.76. The fourth-order valence-corrected chi connectivity index (χ4v) is 2.31. The van der Waals surface area contributed by atoms with Gasteiger partial charge in [0.1, 0.15) is 12.4 Å². The Hall–Kier alpha value is -3.23. The summed E-state index contributed by atoms with van der Waals surface area (Å²) < 4.78 is 0. The van der Waals surface area contributed by atoms with Crippen LogP contribution in [-0.4, -0.2) is 32.5 Å². The number of aromatic nitrogens is 2. The van der Waals surface area contributed by atoms with Gasteiger partial charge in [0.25, 0.3) is 5.69 Å². The first-order valence-corrected chi connectivity index (χ1v) is 7.83. The fraction of sp³-hybridized carbons (Fsp3) is 0.312. The van der Waals surface area contributed by atoms with E-state index in [0.29, 0.717) is 18.3 Å². The van der Waals surface area contributed by atoms with Gasteiger partial charge in [-0.2, -0.15) is 4.98 Å². The van der Waals surface area contributed by atoms with E-state index < -0.39 is 10.9 Å². The number of aliphatic carboxylic acids is 1. The normalized spacial score (nSPS) is 13.3. The number of carboxylic acid groups (broad SMARTS) is 1. The van der Waals surface area contributed by atoms with Gasteiger partial charge in [-0.3, -0.25) is 14.9 Å². The molecule has 25 heavy (non-hydrogen) atoms. The average Bonchev–Trinajstić information content (AvgIpc) is 3.43. The lowest BCUT2D eigenvalue weighted by Gasteiger charge is -2.10. The van der Waals surface area contributed by atoms with Gasteiger partial charge in [0, 0.05) is 30.7 Å². The van der Waals surface area contributed by atoms with Gasteiger partial charge < -0.3 is 15.7 Å². The molecule has 0 radical (unpaired) electrons. The number of carbonyl (C=O) groups is 1. The molecule has 1 saturated carbocycles. The molecule has 130 valence electrons. The van der Waals surface area contributed by atoms with Gasteiger partial charge in [-0.25, -0.2) is 4.98 Å². The van der Waals surface area contributed by atoms with Crippen molar-refractivity contribution in [3.05, 3.63) is 51.7 Å². The molecule has 0 atom stereocenters. The molecule has 1 aliphatic rings. The van der Waals surface area contributed by atoms with E-state index in [9.17, 15) is 14.9 Å². The number of hydrogen-bond donors (Lipinski definition) is 3. The fourth-order valence-electron chi connectivity index (χ4n) is 2.31. The number of nitro benzene ring substituents is 1. The minimum atomic E-state index is -0.985. The van der Waals surface area contributed by atoms with E-state index in [1.54, 1.807) is 12.1 Å². The highest BCUT2D eigenvalue weighted by Gasteiger charge is 2.26. The van der Waals surface area contributed by atoms with Crippen LogP contribution >= 0.6 is 0 Å². The van der Waals surface area contributed by atoms with Crippen LogP contribution in [0.2, 0.25) is 0 Å². The molecule has 0 bridgehead atoms. The minimum Gasteiger partial charge on any atom is -0.480 e. The maximum Gasteiger partial charge on any atom is 0.322 e. The summed E-state index contributed by atoms with van der Waals surface area (Å²) in [5.41, 5.74) is 1.80. The second kappa shape index (κ2) is 7.12. The molecule has 1 aromatic heterocycles. The van der Waals surface area contributed by atoms with E-state index in [0.717, 1.165) is 24.1 Å². The molecule has 3 rings (SSSR count). The number of nitro groups is 1. The second-order valence-corrected chi connectivity index (χ2v) is 5.80. The lowest BCUT2D eigenvalue weighted by Crippen LogP contribution is -2.15. The Morgan fingerprint density at radius 3 is 2.56 bits per heavy atom. The summed E-state index contributed by atoms with van der Waals surface area (Å²) in [6, 6.07) is 8.11. The lowest BCUT2D eigenvalue weighted by atomic mass is 10.2. The molecule has 0 amide bonds. The van der Waals surface area contributed by atoms with E-state index in [4.69, 9.17) is 5.11 Å². The van der Waals surface area contributed by atoms with Crippen molar-refractivity contribution in [3.63, 3.8) is 0 Å². The smallest absolute Gasteiger partial charge is 0.322 e. The van der Waals surface area contributed by atoms with E-state index in [1.165, 1.54) is 12.1 Å². The first-order valence-electron chi connectivity index (χ1n) is 7.83. The van der Waals surface area contributed by atoms with Crippen LogP contribution in [0.15, 0.2) is 30.3 Å². The van der Waals surface area contributed by atoms with Crippen molar-refractivity contribution in [3.8, 4) is 0 Å². The van der Waals surface area contributed by atoms with Crippen molar-refractivity contribution in [2.24, 2.45) is 0 Å². The number of anilines is 2. The number of non-ortho nitro benzene ring substituents is 1. The number of nitrogens with one attached hydrogen (secondary N) is 2. The average molecular weight is 343 g/mol. The predicted molar refractivity (Wildman–Crippen MR) is 90.6 cm³/mol. The molecule has 9 nitrogen and oxygen atoms in total. The van der Waals surface area contributed by atoms with Crippen LogP contribution in [0, 0.1) is 10.1 Å². The molecule has 1 fully saturated rings. The number of carboxylic acids is 1. The second-order valence-electron chi connectivity index (χ2n) is 5.80. The van der Waals surface area contributed by atoms with Gasteiger partial charge in [0.05, 0.1) is 10.6 Å². The Kier molecular flexibility index (Phi) is 4.73. The summed E-state index contributed by atoms with van der Waals surface area (Å²) in [5.74, 6) is 0.273. The summed E-state index contributed by atoms with van der Waals surface area (Å²) in [5, 5.41) is 25.3. The molecule has 0 spiro atoms. The zero-order valence-electron chi connectivity index (χ0n) is 13.3. The molecule has 0 unspecified atom stereocenters. The molecule has 2 aromatic rings. The standard InChI is InChI=1S/C16H17N5O4/c22-15(23)9-18-16-19-13(11-3-4-11)7-14(20-16)17-8-10-1-5-12(6-2-10)21(24)25/h1-2,5-7,11H,3-4,8-9H2,(H,22,23)(H2,17,18,19,20). The van der Waals surface area contributed by atoms with Gasteiger partial charge in [-0.05, 0) is 18.4 Å². The maximum absolute atomic E-state index is 10.7. The Labute approximate surface area is 143 Å². The highest BCUT2D eigenvalue weighted by atomic mass is 16.6. The topological polar surface area (TPSA) is 130 Å². The van der Waals surface area contributed by atoms with Crippen LogP contribution < -0.4 is 10.6 Å². The number of rotatable bonds is 8. The highest BCUT2D eigenvalue weighted by Crippen LogP contribution is 2.39. The van der Waals surface area contributed by atoms with Crippen LogP contribution in [0.3, 0.4) is 0 Å². The molecule has 0 saturated heterocycles. The summed E-state index contributed by atoms with van der Waals surface area (Å²) >= 11 is 0. The molecule has 3 N–H and O–H groups in total. The Morgan fingerprint density at radius 2 is 1.96 bits per heavy atom. The quantitative estimate of drug-likeness (QED) is 0.492. The van der Waals surface area contributed by atoms with E-state index >= 15 is 0 Å².